The van der Waals surface area contributed by atoms with E-state index in [1.54, 1.807) is 42.2 Å². The quantitative estimate of drug-likeness (QED) is 0.777. The normalized spacial score (nSPS) is 10.8. The number of aromatic nitrogens is 3. The Balaban J connectivity index is 2.07. The summed E-state index contributed by atoms with van der Waals surface area (Å²) in [5.41, 5.74) is 0.901. The molecular weight excluding hydrogens is 281 g/mol. The lowest BCUT2D eigenvalue weighted by atomic mass is 10.3. The Morgan fingerprint density at radius 1 is 1.35 bits per heavy atom. The average molecular weight is 292 g/mol. The zero-order valence-corrected chi connectivity index (χ0v) is 11.3. The van der Waals surface area contributed by atoms with Crippen LogP contribution in [-0.4, -0.2) is 21.4 Å². The third kappa shape index (κ3) is 2.25. The first-order valence-electron chi connectivity index (χ1n) is 5.91. The molecule has 0 aliphatic heterocycles. The van der Waals surface area contributed by atoms with E-state index in [-0.39, 0.29) is 0 Å². The van der Waals surface area contributed by atoms with Crippen LogP contribution in [0.2, 0.25) is 5.02 Å². The zero-order chi connectivity index (χ0) is 14.1. The van der Waals surface area contributed by atoms with Crippen molar-refractivity contribution >= 4 is 34.6 Å². The van der Waals surface area contributed by atoms with Crippen molar-refractivity contribution in [3.63, 3.8) is 0 Å². The van der Waals surface area contributed by atoms with Crippen LogP contribution in [0.4, 0.5) is 21.7 Å². The Morgan fingerprint density at radius 3 is 2.95 bits per heavy atom. The van der Waals surface area contributed by atoms with Gasteiger partial charge in [-0.05, 0) is 18.2 Å². The summed E-state index contributed by atoms with van der Waals surface area (Å²) in [6.07, 6.45) is 5.24. The highest BCUT2D eigenvalue weighted by molar-refractivity contribution is 6.30. The second-order valence-corrected chi connectivity index (χ2v) is 4.57. The first-order valence-corrected chi connectivity index (χ1v) is 6.28. The Hall–Kier alpha value is -2.34. The van der Waals surface area contributed by atoms with Crippen LogP contribution < -0.4 is 10.6 Å². The number of halogens is 2. The average Bonchev–Trinajstić information content (AvgIpc) is 2.90. The van der Waals surface area contributed by atoms with Crippen LogP contribution in [0.5, 0.6) is 0 Å². The second-order valence-electron chi connectivity index (χ2n) is 4.13. The molecule has 2 aromatic heterocycles. The minimum absolute atomic E-state index is 0.292. The standard InChI is InChI=1S/C13H11ClFN5/c1-16-11-7-20-5-4-17-13(20)12(19-11)18-10-3-2-8(14)6-9(10)15/h2-7,16H,1H3,(H,18,19). The van der Waals surface area contributed by atoms with Gasteiger partial charge >= 0.3 is 0 Å². The molecule has 0 spiro atoms. The first kappa shape index (κ1) is 12.7. The molecule has 0 aliphatic carbocycles. The number of fused-ring (bicyclic) bond motifs is 1. The van der Waals surface area contributed by atoms with Gasteiger partial charge in [0.25, 0.3) is 0 Å². The summed E-state index contributed by atoms with van der Waals surface area (Å²) in [5.74, 6) is 0.661. The number of nitrogens with zero attached hydrogens (tertiary/aromatic N) is 3. The fraction of sp³-hybridized carbons (Fsp3) is 0.0769. The van der Waals surface area contributed by atoms with E-state index in [1.807, 2.05) is 0 Å². The molecule has 0 atom stereocenters. The lowest BCUT2D eigenvalue weighted by Crippen LogP contribution is -2.03. The van der Waals surface area contributed by atoms with Crippen molar-refractivity contribution in [2.24, 2.45) is 0 Å². The predicted octanol–water partition coefficient (Wildman–Crippen LogP) is 3.31. The van der Waals surface area contributed by atoms with Crippen molar-refractivity contribution in [2.45, 2.75) is 0 Å². The number of anilines is 3. The fourth-order valence-corrected chi connectivity index (χ4v) is 2.01. The molecule has 0 aliphatic rings. The zero-order valence-electron chi connectivity index (χ0n) is 10.6. The maximum atomic E-state index is 13.8. The maximum absolute atomic E-state index is 13.8. The van der Waals surface area contributed by atoms with E-state index < -0.39 is 5.82 Å². The summed E-state index contributed by atoms with van der Waals surface area (Å²) in [7, 11) is 1.76. The molecule has 0 fully saturated rings. The van der Waals surface area contributed by atoms with Gasteiger partial charge in [0, 0.05) is 24.5 Å². The van der Waals surface area contributed by atoms with Gasteiger partial charge < -0.3 is 15.0 Å². The van der Waals surface area contributed by atoms with Gasteiger partial charge in [-0.15, -0.1) is 0 Å². The van der Waals surface area contributed by atoms with Gasteiger partial charge in [-0.3, -0.25) is 0 Å². The van der Waals surface area contributed by atoms with Gasteiger partial charge in [0.15, 0.2) is 11.5 Å². The van der Waals surface area contributed by atoms with Crippen molar-refractivity contribution < 1.29 is 4.39 Å². The van der Waals surface area contributed by atoms with Crippen LogP contribution in [0.25, 0.3) is 5.65 Å². The summed E-state index contributed by atoms with van der Waals surface area (Å²) >= 11 is 5.74. The summed E-state index contributed by atoms with van der Waals surface area (Å²) in [4.78, 5) is 8.54. The van der Waals surface area contributed by atoms with E-state index in [1.165, 1.54) is 6.07 Å². The van der Waals surface area contributed by atoms with Crippen LogP contribution in [0, 0.1) is 5.82 Å². The molecule has 3 aromatic rings. The number of rotatable bonds is 3. The SMILES string of the molecule is CNc1cn2ccnc2c(Nc2ccc(Cl)cc2F)n1. The van der Waals surface area contributed by atoms with Gasteiger partial charge in [-0.1, -0.05) is 11.6 Å². The highest BCUT2D eigenvalue weighted by Gasteiger charge is 2.10. The molecule has 0 saturated carbocycles. The molecule has 2 N–H and O–H groups in total. The number of benzene rings is 1. The Bertz CT molecular complexity index is 771. The largest absolute Gasteiger partial charge is 0.372 e. The summed E-state index contributed by atoms with van der Waals surface area (Å²) in [6.45, 7) is 0. The van der Waals surface area contributed by atoms with Crippen LogP contribution in [0.1, 0.15) is 0 Å². The van der Waals surface area contributed by atoms with Crippen molar-refractivity contribution in [3.8, 4) is 0 Å². The van der Waals surface area contributed by atoms with E-state index in [0.29, 0.717) is 28.0 Å². The highest BCUT2D eigenvalue weighted by Crippen LogP contribution is 2.24. The van der Waals surface area contributed by atoms with Crippen molar-refractivity contribution in [3.05, 3.63) is 47.6 Å². The molecule has 5 nitrogen and oxygen atoms in total. The van der Waals surface area contributed by atoms with E-state index in [9.17, 15) is 4.39 Å². The van der Waals surface area contributed by atoms with Crippen molar-refractivity contribution in [1.29, 1.82) is 0 Å². The smallest absolute Gasteiger partial charge is 0.180 e. The fourth-order valence-electron chi connectivity index (χ4n) is 1.85. The molecule has 0 radical (unpaired) electrons. The number of nitrogens with one attached hydrogen (secondary N) is 2. The van der Waals surface area contributed by atoms with Gasteiger partial charge in [0.1, 0.15) is 11.6 Å². The maximum Gasteiger partial charge on any atom is 0.180 e. The second kappa shape index (κ2) is 4.97. The molecule has 102 valence electrons. The van der Waals surface area contributed by atoms with E-state index in [0.717, 1.165) is 0 Å². The van der Waals surface area contributed by atoms with Crippen LogP contribution in [-0.2, 0) is 0 Å². The molecule has 20 heavy (non-hydrogen) atoms. The van der Waals surface area contributed by atoms with Crippen LogP contribution in [0.15, 0.2) is 36.8 Å². The van der Waals surface area contributed by atoms with Crippen molar-refractivity contribution in [2.75, 3.05) is 17.7 Å². The Morgan fingerprint density at radius 2 is 2.20 bits per heavy atom. The Labute approximate surface area is 119 Å². The molecule has 3 rings (SSSR count). The minimum Gasteiger partial charge on any atom is -0.372 e. The molecule has 0 unspecified atom stereocenters. The third-order valence-electron chi connectivity index (χ3n) is 2.81. The predicted molar refractivity (Wildman–Crippen MR) is 77.2 cm³/mol. The van der Waals surface area contributed by atoms with Crippen molar-refractivity contribution in [1.82, 2.24) is 14.4 Å². The summed E-state index contributed by atoms with van der Waals surface area (Å²) < 4.78 is 15.6. The molecule has 1 aromatic carbocycles. The van der Waals surface area contributed by atoms with E-state index in [4.69, 9.17) is 11.6 Å². The molecule has 0 bridgehead atoms. The lowest BCUT2D eigenvalue weighted by molar-refractivity contribution is 0.632. The number of hydrogen-bond donors (Lipinski definition) is 2. The third-order valence-corrected chi connectivity index (χ3v) is 3.05. The molecule has 0 amide bonds. The van der Waals surface area contributed by atoms with Gasteiger partial charge in [-0.2, -0.15) is 0 Å². The van der Waals surface area contributed by atoms with E-state index in [2.05, 4.69) is 20.6 Å². The molecular formula is C13H11ClFN5. The topological polar surface area (TPSA) is 54.2 Å². The molecule has 0 saturated heterocycles. The number of hydrogen-bond acceptors (Lipinski definition) is 4. The lowest BCUT2D eigenvalue weighted by Gasteiger charge is -2.10. The van der Waals surface area contributed by atoms with Gasteiger partial charge in [0.2, 0.25) is 0 Å². The Kier molecular flexibility index (Phi) is 3.15. The van der Waals surface area contributed by atoms with E-state index >= 15 is 0 Å². The van der Waals surface area contributed by atoms with Crippen LogP contribution in [0.3, 0.4) is 0 Å². The number of imidazole rings is 1. The summed E-state index contributed by atoms with van der Waals surface area (Å²) in [6, 6.07) is 4.41. The first-order chi connectivity index (χ1) is 9.67. The monoisotopic (exact) mass is 291 g/mol. The summed E-state index contributed by atoms with van der Waals surface area (Å²) in [5, 5.41) is 6.22. The molecule has 2 heterocycles. The molecule has 7 heteroatoms. The van der Waals surface area contributed by atoms with Gasteiger partial charge in [-0.25, -0.2) is 14.4 Å². The highest BCUT2D eigenvalue weighted by atomic mass is 35.5. The van der Waals surface area contributed by atoms with Crippen LogP contribution >= 0.6 is 11.6 Å². The van der Waals surface area contributed by atoms with Gasteiger partial charge in [0.05, 0.1) is 11.9 Å². The minimum atomic E-state index is -0.445.